The third-order valence-electron chi connectivity index (χ3n) is 7.98. The summed E-state index contributed by atoms with van der Waals surface area (Å²) >= 11 is 0. The van der Waals surface area contributed by atoms with Gasteiger partial charge in [0.25, 0.3) is 5.43 Å². The Hall–Kier alpha value is -6.01. The monoisotopic (exact) mass is 578 g/mol. The van der Waals surface area contributed by atoms with Gasteiger partial charge in [-0.1, -0.05) is 0 Å². The maximum Gasteiger partial charge on any atom is 0.320 e. The van der Waals surface area contributed by atoms with Gasteiger partial charge in [0, 0.05) is 100 Å². The maximum atomic E-state index is 11.8. The Labute approximate surface area is 246 Å². The molecule has 13 heteroatoms. The van der Waals surface area contributed by atoms with Crippen LogP contribution in [0.1, 0.15) is 5.69 Å². The molecule has 200 valence electrons. The van der Waals surface area contributed by atoms with E-state index in [1.54, 1.807) is 31.0 Å². The van der Waals surface area contributed by atoms with E-state index in [9.17, 15) is 9.59 Å². The van der Waals surface area contributed by atoms with Crippen LogP contribution in [-0.2, 0) is 0 Å². The maximum absolute atomic E-state index is 11.8. The fourth-order valence-corrected chi connectivity index (χ4v) is 5.36. The topological polar surface area (TPSA) is 158 Å². The molecular weight excluding hydrogens is 568 g/mol. The van der Waals surface area contributed by atoms with Crippen molar-refractivity contribution in [3.05, 3.63) is 133 Å². The summed E-state index contributed by atoms with van der Waals surface area (Å²) in [6.07, 6.45) is 17.9. The molecule has 0 aromatic carbocycles. The Morgan fingerprint density at radius 3 is 0.907 bits per heavy atom. The van der Waals surface area contributed by atoms with E-state index in [0.29, 0.717) is 17.0 Å². The third kappa shape index (κ3) is 2.89. The second-order valence-corrected chi connectivity index (χ2v) is 10.1. The molecule has 0 saturated heterocycles. The highest BCUT2D eigenvalue weighted by atomic mass is 35.5. The largest absolute Gasteiger partial charge is 0.320 e. The molecule has 1 aromatic heterocycles. The first-order valence-electron chi connectivity index (χ1n) is 12.9. The molecule has 0 N–H and O–H groups in total. The van der Waals surface area contributed by atoms with Crippen LogP contribution in [0.4, 0.5) is 0 Å². The molecule has 1 aromatic rings. The summed E-state index contributed by atoms with van der Waals surface area (Å²) in [7, 11) is 0. The third-order valence-corrected chi connectivity index (χ3v) is 7.98. The molecule has 10 rings (SSSR count). The molecule has 0 radical (unpaired) electrons. The number of aromatic nitrogens is 1. The lowest BCUT2D eigenvalue weighted by molar-refractivity contribution is 1.08. The minimum Gasteiger partial charge on any atom is -0.281 e. The molecule has 0 atom stereocenters. The minimum absolute atomic E-state index is 0. The molecule has 10 heterocycles. The number of halogens is 1. The summed E-state index contributed by atoms with van der Waals surface area (Å²) in [5.41, 5.74) is 12.8. The Morgan fingerprint density at radius 2 is 0.698 bits per heavy atom. The highest BCUT2D eigenvalue weighted by molar-refractivity contribution is 6.58. The van der Waals surface area contributed by atoms with Crippen molar-refractivity contribution >= 4 is 63.8 Å². The predicted molar refractivity (Wildman–Crippen MR) is 166 cm³/mol. The quantitative estimate of drug-likeness (QED) is 0.412. The van der Waals surface area contributed by atoms with Crippen molar-refractivity contribution in [1.82, 2.24) is 4.98 Å². The number of aliphatic imine (C=N–C) groups is 9. The lowest BCUT2D eigenvalue weighted by atomic mass is 9.78. The van der Waals surface area contributed by atoms with E-state index < -0.39 is 11.0 Å². The number of allylic oxidation sites excluding steroid dienone is 9. The van der Waals surface area contributed by atoms with Crippen molar-refractivity contribution < 1.29 is 0 Å². The van der Waals surface area contributed by atoms with Gasteiger partial charge in [-0.2, -0.15) is 4.98 Å². The van der Waals surface area contributed by atoms with Gasteiger partial charge in [0.05, 0.1) is 45.7 Å². The normalized spacial score (nSPS) is 22.8. The second kappa shape index (κ2) is 8.05. The van der Waals surface area contributed by atoms with Gasteiger partial charge in [0.15, 0.2) is 0 Å². The van der Waals surface area contributed by atoms with Crippen LogP contribution in [0, 0.1) is 0 Å². The summed E-state index contributed by atoms with van der Waals surface area (Å²) in [4.78, 5) is 66.6. The van der Waals surface area contributed by atoms with Crippen LogP contribution in [0.25, 0.3) is 0 Å². The molecule has 0 bridgehead atoms. The Morgan fingerprint density at radius 1 is 0.395 bits per heavy atom. The van der Waals surface area contributed by atoms with Crippen LogP contribution in [0.15, 0.2) is 161 Å². The van der Waals surface area contributed by atoms with Gasteiger partial charge in [0.2, 0.25) is 0 Å². The van der Waals surface area contributed by atoms with E-state index in [-0.39, 0.29) is 18.1 Å². The van der Waals surface area contributed by atoms with Gasteiger partial charge in [-0.15, -0.1) is 12.4 Å². The van der Waals surface area contributed by atoms with Gasteiger partial charge in [0.1, 0.15) is 11.4 Å². The summed E-state index contributed by atoms with van der Waals surface area (Å²) in [5, 5.41) is 0. The highest BCUT2D eigenvalue weighted by Gasteiger charge is 2.41. The number of hydrogen-bond donors (Lipinski definition) is 0. The Kier molecular flexibility index (Phi) is 4.43. The van der Waals surface area contributed by atoms with Gasteiger partial charge >= 0.3 is 5.56 Å². The van der Waals surface area contributed by atoms with Crippen LogP contribution < -0.4 is 11.0 Å². The zero-order valence-corrected chi connectivity index (χ0v) is 22.3. The molecule has 9 aliphatic rings. The molecule has 9 aliphatic heterocycles. The van der Waals surface area contributed by atoms with E-state index in [2.05, 4.69) is 49.9 Å². The van der Waals surface area contributed by atoms with Crippen LogP contribution >= 0.6 is 12.4 Å². The first-order valence-corrected chi connectivity index (χ1v) is 12.9. The molecular formula is C30H11ClN10O2. The predicted octanol–water partition coefficient (Wildman–Crippen LogP) is 2.12. The molecule has 0 spiro atoms. The van der Waals surface area contributed by atoms with E-state index in [1.165, 1.54) is 0 Å². The number of nitrogens with zero attached hydrogens (tertiary/aromatic N) is 10. The van der Waals surface area contributed by atoms with Crippen molar-refractivity contribution in [3.63, 3.8) is 0 Å². The van der Waals surface area contributed by atoms with Crippen molar-refractivity contribution in [2.45, 2.75) is 0 Å². The zero-order valence-electron chi connectivity index (χ0n) is 21.5. The van der Waals surface area contributed by atoms with Gasteiger partial charge in [-0.25, -0.2) is 0 Å². The van der Waals surface area contributed by atoms with Gasteiger partial charge in [-0.3, -0.25) is 54.5 Å². The minimum atomic E-state index is -0.752. The first-order chi connectivity index (χ1) is 20.7. The van der Waals surface area contributed by atoms with Crippen molar-refractivity contribution in [2.24, 2.45) is 44.9 Å². The summed E-state index contributed by atoms with van der Waals surface area (Å²) in [5.74, 6) is 0. The average Bonchev–Trinajstić information content (AvgIpc) is 2.87. The van der Waals surface area contributed by atoms with Crippen molar-refractivity contribution in [2.75, 3.05) is 0 Å². The molecule has 0 aliphatic carbocycles. The number of hydrogen-bond acceptors (Lipinski definition) is 12. The lowest BCUT2D eigenvalue weighted by Gasteiger charge is -2.32. The molecule has 0 saturated carbocycles. The van der Waals surface area contributed by atoms with Gasteiger partial charge < -0.3 is 0 Å². The van der Waals surface area contributed by atoms with E-state index in [4.69, 9.17) is 0 Å². The molecule has 43 heavy (non-hydrogen) atoms. The van der Waals surface area contributed by atoms with Crippen molar-refractivity contribution in [1.29, 1.82) is 0 Å². The lowest BCUT2D eigenvalue weighted by Crippen LogP contribution is -2.44. The summed E-state index contributed by atoms with van der Waals surface area (Å²) in [6, 6.07) is 0. The Bertz CT molecular complexity index is 2410. The van der Waals surface area contributed by atoms with Crippen LogP contribution in [0.2, 0.25) is 0 Å². The molecule has 0 unspecified atom stereocenters. The first kappa shape index (κ1) is 23.7. The Balaban J connectivity index is 0.00000260. The fourth-order valence-electron chi connectivity index (χ4n) is 5.36. The standard InChI is InChI=1S/C30H10N10O2.ClH/c41-29-28(40-30(29)42)27-18(10-39-27)26-17(9-38-26)25-16(8-37-25)24-15(7-36-24)23-14(6-35-23)22-13(5-34-22)21-12(4-33-21)20-11(3-32-20)19-1-2-31-19;/h1-10H;1H. The van der Waals surface area contributed by atoms with Gasteiger partial charge in [-0.05, 0) is 6.08 Å². The zero-order chi connectivity index (χ0) is 27.7. The molecule has 12 nitrogen and oxygen atoms in total. The van der Waals surface area contributed by atoms with Crippen molar-refractivity contribution in [3.8, 4) is 0 Å². The molecule has 0 amide bonds. The molecule has 0 fully saturated rings. The van der Waals surface area contributed by atoms with Crippen LogP contribution in [0.5, 0.6) is 0 Å². The fraction of sp³-hybridized carbons (Fsp3) is 0. The van der Waals surface area contributed by atoms with E-state index in [0.717, 1.165) is 79.0 Å². The summed E-state index contributed by atoms with van der Waals surface area (Å²) in [6.45, 7) is 0. The summed E-state index contributed by atoms with van der Waals surface area (Å²) < 4.78 is 0. The SMILES string of the molecule is Cl.O=c1nc(C2=NC=C2C2=NC=C2C2=NC=C2C2=NC=C2C2=NC=C2C2=NC=C2C2=NC=C2C2=NC=C2C2=NC=C2)c1=O. The highest BCUT2D eigenvalue weighted by Crippen LogP contribution is 2.38. The van der Waals surface area contributed by atoms with E-state index in [1.807, 2.05) is 30.9 Å². The van der Waals surface area contributed by atoms with Crippen LogP contribution in [0.3, 0.4) is 0 Å². The van der Waals surface area contributed by atoms with E-state index >= 15 is 0 Å². The number of rotatable bonds is 9. The second-order valence-electron chi connectivity index (χ2n) is 10.1. The smallest absolute Gasteiger partial charge is 0.281 e. The van der Waals surface area contributed by atoms with Crippen LogP contribution in [-0.4, -0.2) is 56.4 Å². The average molecular weight is 579 g/mol.